The number of rotatable bonds is 15. The molecule has 24 heavy (non-hydrogen) atoms. The maximum Gasteiger partial charge on any atom is 1.00 e. The van der Waals surface area contributed by atoms with Crippen LogP contribution in [0, 0.1) is 17.8 Å². The molecule has 0 aromatic heterocycles. The molecule has 0 heterocycles. The molecule has 0 aliphatic rings. The Hall–Kier alpha value is 0.870. The fourth-order valence-electron chi connectivity index (χ4n) is 3.32. The summed E-state index contributed by atoms with van der Waals surface area (Å²) in [6.07, 6.45) is 11.8. The topological polar surface area (TPSA) is 66.4 Å². The monoisotopic (exact) mass is 372 g/mol. The van der Waals surface area contributed by atoms with Crippen LogP contribution in [0.25, 0.3) is 0 Å². The summed E-state index contributed by atoms with van der Waals surface area (Å²) in [5, 5.41) is 0. The number of unbranched alkanes of at least 4 members (excludes halogenated alkanes) is 8. The smallest absolute Gasteiger partial charge is 0.726 e. The molecule has 0 saturated carbocycles. The largest absolute Gasteiger partial charge is 1.00 e. The molecule has 0 rings (SSSR count). The van der Waals surface area contributed by atoms with Crippen molar-refractivity contribution in [2.75, 3.05) is 6.61 Å². The molecule has 0 aromatic carbocycles. The summed E-state index contributed by atoms with van der Waals surface area (Å²) in [5.41, 5.74) is 0. The SMILES string of the molecule is CC(C)C(CCCCCCCCCCCOS(=O)(=O)[O-])C(C)C.[Na+]. The molecule has 140 valence electrons. The van der Waals surface area contributed by atoms with E-state index in [0.29, 0.717) is 6.42 Å². The van der Waals surface area contributed by atoms with Crippen molar-refractivity contribution in [3.8, 4) is 0 Å². The summed E-state index contributed by atoms with van der Waals surface area (Å²) in [6.45, 7) is 9.37. The van der Waals surface area contributed by atoms with Gasteiger partial charge in [0.2, 0.25) is 10.4 Å². The van der Waals surface area contributed by atoms with Crippen molar-refractivity contribution < 1.29 is 46.7 Å². The van der Waals surface area contributed by atoms with E-state index in [1.54, 1.807) is 0 Å². The van der Waals surface area contributed by atoms with Gasteiger partial charge in [-0.15, -0.1) is 0 Å². The van der Waals surface area contributed by atoms with E-state index < -0.39 is 10.4 Å². The van der Waals surface area contributed by atoms with E-state index in [1.807, 2.05) is 0 Å². The van der Waals surface area contributed by atoms with Crippen molar-refractivity contribution in [1.82, 2.24) is 0 Å². The Kier molecular flexibility index (Phi) is 18.1. The van der Waals surface area contributed by atoms with Crippen LogP contribution in [-0.2, 0) is 14.6 Å². The van der Waals surface area contributed by atoms with Crippen LogP contribution in [0.3, 0.4) is 0 Å². The Morgan fingerprint density at radius 3 is 1.50 bits per heavy atom. The van der Waals surface area contributed by atoms with Gasteiger partial charge < -0.3 is 4.55 Å². The second kappa shape index (κ2) is 16.1. The molecule has 0 aromatic rings. The van der Waals surface area contributed by atoms with Crippen LogP contribution in [0.4, 0.5) is 0 Å². The summed E-state index contributed by atoms with van der Waals surface area (Å²) in [4.78, 5) is 0. The Morgan fingerprint density at radius 1 is 0.750 bits per heavy atom. The number of hydrogen-bond acceptors (Lipinski definition) is 4. The van der Waals surface area contributed by atoms with E-state index in [9.17, 15) is 13.0 Å². The summed E-state index contributed by atoms with van der Waals surface area (Å²) in [6, 6.07) is 0. The Balaban J connectivity index is 0. The van der Waals surface area contributed by atoms with E-state index in [2.05, 4.69) is 31.9 Å². The van der Waals surface area contributed by atoms with E-state index in [-0.39, 0.29) is 36.2 Å². The van der Waals surface area contributed by atoms with Gasteiger partial charge in [0, 0.05) is 0 Å². The van der Waals surface area contributed by atoms with Crippen LogP contribution in [-0.4, -0.2) is 19.6 Å². The minimum Gasteiger partial charge on any atom is -0.726 e. The third-order valence-corrected chi connectivity index (χ3v) is 5.08. The van der Waals surface area contributed by atoms with Crippen LogP contribution < -0.4 is 29.6 Å². The van der Waals surface area contributed by atoms with Gasteiger partial charge in [-0.05, 0) is 30.6 Å². The average molecular weight is 373 g/mol. The number of hydrogen-bond donors (Lipinski definition) is 0. The maximum atomic E-state index is 10.2. The third kappa shape index (κ3) is 17.7. The summed E-state index contributed by atoms with van der Waals surface area (Å²) < 4.78 is 34.9. The van der Waals surface area contributed by atoms with Gasteiger partial charge >= 0.3 is 29.6 Å². The second-order valence-electron chi connectivity index (χ2n) is 7.35. The first-order valence-corrected chi connectivity index (χ1v) is 10.7. The quantitative estimate of drug-likeness (QED) is 0.191. The molecule has 4 nitrogen and oxygen atoms in total. The van der Waals surface area contributed by atoms with Gasteiger partial charge in [-0.3, -0.25) is 4.18 Å². The van der Waals surface area contributed by atoms with Crippen molar-refractivity contribution in [3.63, 3.8) is 0 Å². The minimum absolute atomic E-state index is 0. The van der Waals surface area contributed by atoms with E-state index >= 15 is 0 Å². The molecular formula is C18H37NaO4S. The Morgan fingerprint density at radius 2 is 1.12 bits per heavy atom. The van der Waals surface area contributed by atoms with Crippen molar-refractivity contribution in [1.29, 1.82) is 0 Å². The van der Waals surface area contributed by atoms with Crippen LogP contribution in [0.15, 0.2) is 0 Å². The Labute approximate surface area is 172 Å². The molecule has 0 aliphatic carbocycles. The van der Waals surface area contributed by atoms with Crippen molar-refractivity contribution in [3.05, 3.63) is 0 Å². The van der Waals surface area contributed by atoms with Crippen LogP contribution in [0.1, 0.15) is 91.9 Å². The zero-order valence-electron chi connectivity index (χ0n) is 16.6. The van der Waals surface area contributed by atoms with Gasteiger partial charge in [0.1, 0.15) is 0 Å². The molecule has 0 bridgehead atoms. The fourth-order valence-corrected chi connectivity index (χ4v) is 3.64. The molecule has 0 aliphatic heterocycles. The maximum absolute atomic E-state index is 10.2. The second-order valence-corrected chi connectivity index (χ2v) is 8.40. The standard InChI is InChI=1S/C18H38O4S.Na/c1-16(2)18(17(3)4)14-12-10-8-6-5-7-9-11-13-15-22-23(19,20)21;/h16-18H,5-15H2,1-4H3,(H,19,20,21);/q;+1/p-1. The molecule has 0 saturated heterocycles. The van der Waals surface area contributed by atoms with Crippen LogP contribution in [0.2, 0.25) is 0 Å². The average Bonchev–Trinajstić information content (AvgIpc) is 2.41. The first-order chi connectivity index (χ1) is 10.7. The van der Waals surface area contributed by atoms with Gasteiger partial charge in [-0.1, -0.05) is 79.1 Å². The summed E-state index contributed by atoms with van der Waals surface area (Å²) >= 11 is 0. The van der Waals surface area contributed by atoms with Crippen molar-refractivity contribution in [2.24, 2.45) is 17.8 Å². The van der Waals surface area contributed by atoms with Gasteiger partial charge in [0.25, 0.3) is 0 Å². The van der Waals surface area contributed by atoms with E-state index in [1.165, 1.54) is 44.9 Å². The predicted octanol–water partition coefficient (Wildman–Crippen LogP) is 2.30. The van der Waals surface area contributed by atoms with Gasteiger partial charge in [0.05, 0.1) is 6.61 Å². The van der Waals surface area contributed by atoms with Crippen LogP contribution in [0.5, 0.6) is 0 Å². The van der Waals surface area contributed by atoms with Crippen molar-refractivity contribution >= 4 is 10.4 Å². The van der Waals surface area contributed by atoms with E-state index in [0.717, 1.165) is 30.6 Å². The fraction of sp³-hybridized carbons (Fsp3) is 1.00. The van der Waals surface area contributed by atoms with Crippen molar-refractivity contribution in [2.45, 2.75) is 91.9 Å². The first kappa shape index (κ1) is 27.1. The molecule has 6 heteroatoms. The normalized spacial score (nSPS) is 12.2. The third-order valence-electron chi connectivity index (χ3n) is 4.62. The molecule has 0 fully saturated rings. The molecule has 0 N–H and O–H groups in total. The minimum atomic E-state index is -4.50. The molecule has 0 radical (unpaired) electrons. The predicted molar refractivity (Wildman–Crippen MR) is 95.0 cm³/mol. The van der Waals surface area contributed by atoms with E-state index in [4.69, 9.17) is 0 Å². The van der Waals surface area contributed by atoms with Crippen LogP contribution >= 0.6 is 0 Å². The zero-order valence-corrected chi connectivity index (χ0v) is 19.4. The molecule has 0 amide bonds. The zero-order chi connectivity index (χ0) is 17.7. The van der Waals surface area contributed by atoms with Gasteiger partial charge in [-0.25, -0.2) is 8.42 Å². The Bertz CT molecular complexity index is 361. The van der Waals surface area contributed by atoms with Gasteiger partial charge in [0.15, 0.2) is 0 Å². The van der Waals surface area contributed by atoms with Gasteiger partial charge in [-0.2, -0.15) is 0 Å². The summed E-state index contributed by atoms with van der Waals surface area (Å²) in [5.74, 6) is 2.43. The molecule has 0 atom stereocenters. The molecule has 0 unspecified atom stereocenters. The molecular weight excluding hydrogens is 335 g/mol. The first-order valence-electron chi connectivity index (χ1n) is 9.34. The molecule has 0 spiro atoms. The summed E-state index contributed by atoms with van der Waals surface area (Å²) in [7, 11) is -4.50.